The fourth-order valence-electron chi connectivity index (χ4n) is 2.36. The molecule has 0 saturated heterocycles. The van der Waals surface area contributed by atoms with Crippen LogP contribution in [0, 0.1) is 17.8 Å². The van der Waals surface area contributed by atoms with Gasteiger partial charge in [-0.25, -0.2) is 0 Å². The monoisotopic (exact) mass is 181 g/mol. The summed E-state index contributed by atoms with van der Waals surface area (Å²) < 4.78 is 0. The van der Waals surface area contributed by atoms with Gasteiger partial charge < -0.3 is 5.73 Å². The molecule has 0 spiro atoms. The van der Waals surface area contributed by atoms with E-state index in [1.807, 2.05) is 6.08 Å². The van der Waals surface area contributed by atoms with Crippen molar-refractivity contribution in [2.75, 3.05) is 0 Å². The molecule has 0 amide bonds. The quantitative estimate of drug-likeness (QED) is 0.666. The molecule has 1 rings (SSSR count). The largest absolute Gasteiger partial charge is 0.327 e. The van der Waals surface area contributed by atoms with E-state index >= 15 is 0 Å². The van der Waals surface area contributed by atoms with Crippen LogP contribution in [-0.4, -0.2) is 6.04 Å². The van der Waals surface area contributed by atoms with Gasteiger partial charge in [-0.1, -0.05) is 26.3 Å². The summed E-state index contributed by atoms with van der Waals surface area (Å²) in [7, 11) is 0. The number of hydrogen-bond acceptors (Lipinski definition) is 1. The van der Waals surface area contributed by atoms with Crippen LogP contribution < -0.4 is 5.73 Å². The minimum Gasteiger partial charge on any atom is -0.327 e. The predicted octanol–water partition coefficient (Wildman–Crippen LogP) is 2.96. The Morgan fingerprint density at radius 1 is 1.38 bits per heavy atom. The van der Waals surface area contributed by atoms with Crippen molar-refractivity contribution in [2.24, 2.45) is 23.5 Å². The van der Waals surface area contributed by atoms with Crippen LogP contribution in [0.15, 0.2) is 12.7 Å². The lowest BCUT2D eigenvalue weighted by molar-refractivity contribution is 0.186. The third-order valence-electron chi connectivity index (χ3n) is 3.68. The van der Waals surface area contributed by atoms with E-state index in [4.69, 9.17) is 5.73 Å². The van der Waals surface area contributed by atoms with Crippen LogP contribution in [-0.2, 0) is 0 Å². The number of hydrogen-bond donors (Lipinski definition) is 1. The van der Waals surface area contributed by atoms with Gasteiger partial charge in [0.15, 0.2) is 0 Å². The Balaban J connectivity index is 2.40. The first-order valence-corrected chi connectivity index (χ1v) is 5.51. The van der Waals surface area contributed by atoms with E-state index in [-0.39, 0.29) is 0 Å². The van der Waals surface area contributed by atoms with Crippen LogP contribution in [0.2, 0.25) is 0 Å². The summed E-state index contributed by atoms with van der Waals surface area (Å²) in [4.78, 5) is 0. The Bertz CT molecular complexity index is 165. The summed E-state index contributed by atoms with van der Waals surface area (Å²) in [5, 5.41) is 0. The summed E-state index contributed by atoms with van der Waals surface area (Å²) in [5.41, 5.74) is 6.10. The summed E-state index contributed by atoms with van der Waals surface area (Å²) in [6.45, 7) is 8.47. The molecule has 1 heteroatoms. The molecule has 4 unspecified atom stereocenters. The Morgan fingerprint density at radius 2 is 2.08 bits per heavy atom. The van der Waals surface area contributed by atoms with Crippen molar-refractivity contribution in [1.82, 2.24) is 0 Å². The molecular formula is C12H23N. The molecule has 13 heavy (non-hydrogen) atoms. The first kappa shape index (κ1) is 10.8. The van der Waals surface area contributed by atoms with Gasteiger partial charge in [-0.15, -0.1) is 6.58 Å². The van der Waals surface area contributed by atoms with Gasteiger partial charge in [-0.05, 0) is 37.0 Å². The van der Waals surface area contributed by atoms with Crippen LogP contribution >= 0.6 is 0 Å². The highest BCUT2D eigenvalue weighted by molar-refractivity contribution is 4.85. The summed E-state index contributed by atoms with van der Waals surface area (Å²) in [5.74, 6) is 2.49. The minimum absolute atomic E-state index is 0.354. The van der Waals surface area contributed by atoms with Gasteiger partial charge in [0.05, 0.1) is 0 Å². The topological polar surface area (TPSA) is 26.0 Å². The summed E-state index contributed by atoms with van der Waals surface area (Å²) in [6, 6.07) is 0.354. The van der Waals surface area contributed by atoms with Gasteiger partial charge in [0.1, 0.15) is 0 Å². The zero-order valence-electron chi connectivity index (χ0n) is 9.00. The standard InChI is InChI=1S/C12H23N/c1-4-5-12(13)11-7-6-9(2)10(3)8-11/h4,9-12H,1,5-8,13H2,2-3H3. The van der Waals surface area contributed by atoms with Gasteiger partial charge in [0.25, 0.3) is 0 Å². The zero-order valence-corrected chi connectivity index (χ0v) is 9.00. The van der Waals surface area contributed by atoms with Crippen molar-refractivity contribution in [3.8, 4) is 0 Å². The van der Waals surface area contributed by atoms with E-state index in [2.05, 4.69) is 20.4 Å². The molecule has 1 aliphatic rings. The minimum atomic E-state index is 0.354. The lowest BCUT2D eigenvalue weighted by Crippen LogP contribution is -2.34. The molecule has 0 aromatic carbocycles. The van der Waals surface area contributed by atoms with Gasteiger partial charge in [0.2, 0.25) is 0 Å². The van der Waals surface area contributed by atoms with Gasteiger partial charge in [0, 0.05) is 6.04 Å². The molecule has 0 heterocycles. The molecule has 1 aliphatic carbocycles. The van der Waals surface area contributed by atoms with Crippen molar-refractivity contribution in [3.63, 3.8) is 0 Å². The third-order valence-corrected chi connectivity index (χ3v) is 3.68. The molecule has 0 aliphatic heterocycles. The van der Waals surface area contributed by atoms with Crippen LogP contribution in [0.4, 0.5) is 0 Å². The molecule has 4 atom stereocenters. The molecule has 76 valence electrons. The first-order chi connectivity index (χ1) is 6.15. The van der Waals surface area contributed by atoms with Crippen molar-refractivity contribution in [3.05, 3.63) is 12.7 Å². The highest BCUT2D eigenvalue weighted by atomic mass is 14.6. The van der Waals surface area contributed by atoms with E-state index < -0.39 is 0 Å². The lowest BCUT2D eigenvalue weighted by Gasteiger charge is -2.35. The van der Waals surface area contributed by atoms with Gasteiger partial charge in [-0.2, -0.15) is 0 Å². The van der Waals surface area contributed by atoms with Crippen molar-refractivity contribution >= 4 is 0 Å². The van der Waals surface area contributed by atoms with Crippen molar-refractivity contribution in [1.29, 1.82) is 0 Å². The predicted molar refractivity (Wildman–Crippen MR) is 58.5 cm³/mol. The van der Waals surface area contributed by atoms with Crippen LogP contribution in [0.1, 0.15) is 39.5 Å². The molecule has 0 aromatic heterocycles. The Labute approximate surface area is 82.4 Å². The van der Waals surface area contributed by atoms with Crippen LogP contribution in [0.3, 0.4) is 0 Å². The number of nitrogens with two attached hydrogens (primary N) is 1. The van der Waals surface area contributed by atoms with Crippen LogP contribution in [0.5, 0.6) is 0 Å². The van der Waals surface area contributed by atoms with Gasteiger partial charge >= 0.3 is 0 Å². The van der Waals surface area contributed by atoms with E-state index in [1.165, 1.54) is 19.3 Å². The lowest BCUT2D eigenvalue weighted by atomic mass is 9.73. The van der Waals surface area contributed by atoms with E-state index in [9.17, 15) is 0 Å². The fourth-order valence-corrected chi connectivity index (χ4v) is 2.36. The molecular weight excluding hydrogens is 158 g/mol. The fraction of sp³-hybridized carbons (Fsp3) is 0.833. The third kappa shape index (κ3) is 2.84. The highest BCUT2D eigenvalue weighted by Crippen LogP contribution is 2.35. The SMILES string of the molecule is C=CCC(N)C1CCC(C)C(C)C1. The molecule has 0 aromatic rings. The second kappa shape index (κ2) is 4.80. The second-order valence-corrected chi connectivity index (χ2v) is 4.72. The molecule has 0 radical (unpaired) electrons. The average molecular weight is 181 g/mol. The maximum atomic E-state index is 6.10. The van der Waals surface area contributed by atoms with Crippen molar-refractivity contribution in [2.45, 2.75) is 45.6 Å². The zero-order chi connectivity index (χ0) is 9.84. The second-order valence-electron chi connectivity index (χ2n) is 4.72. The Hall–Kier alpha value is -0.300. The molecule has 2 N–H and O–H groups in total. The Kier molecular flexibility index (Phi) is 3.98. The van der Waals surface area contributed by atoms with E-state index in [1.54, 1.807) is 0 Å². The maximum absolute atomic E-state index is 6.10. The summed E-state index contributed by atoms with van der Waals surface area (Å²) in [6.07, 6.45) is 6.92. The van der Waals surface area contributed by atoms with E-state index in [0.717, 1.165) is 24.2 Å². The Morgan fingerprint density at radius 3 is 2.62 bits per heavy atom. The average Bonchev–Trinajstić information content (AvgIpc) is 2.10. The first-order valence-electron chi connectivity index (χ1n) is 5.51. The van der Waals surface area contributed by atoms with E-state index in [0.29, 0.717) is 6.04 Å². The molecule has 1 nitrogen and oxygen atoms in total. The maximum Gasteiger partial charge on any atom is 0.0102 e. The highest BCUT2D eigenvalue weighted by Gasteiger charge is 2.27. The normalized spacial score (nSPS) is 37.0. The molecule has 0 bridgehead atoms. The van der Waals surface area contributed by atoms with Gasteiger partial charge in [-0.3, -0.25) is 0 Å². The smallest absolute Gasteiger partial charge is 0.0102 e. The molecule has 1 fully saturated rings. The molecule has 1 saturated carbocycles. The summed E-state index contributed by atoms with van der Waals surface area (Å²) >= 11 is 0. The van der Waals surface area contributed by atoms with Crippen molar-refractivity contribution < 1.29 is 0 Å². The van der Waals surface area contributed by atoms with Crippen LogP contribution in [0.25, 0.3) is 0 Å². The number of rotatable bonds is 3.